The lowest BCUT2D eigenvalue weighted by Gasteiger charge is -2.44. The molecule has 0 aliphatic carbocycles. The molecular weight excluding hydrogens is 507 g/mol. The van der Waals surface area contributed by atoms with Crippen molar-refractivity contribution in [3.8, 4) is 0 Å². The Morgan fingerprint density at radius 2 is 1.78 bits per heavy atom. The zero-order chi connectivity index (χ0) is 26.7. The Morgan fingerprint density at radius 1 is 1.08 bits per heavy atom. The normalized spacial score (nSPS) is 24.1. The van der Waals surface area contributed by atoms with Gasteiger partial charge in [0.1, 0.15) is 24.9 Å². The van der Waals surface area contributed by atoms with Crippen LogP contribution in [-0.2, 0) is 28.1 Å². The van der Waals surface area contributed by atoms with Crippen LogP contribution in [0.3, 0.4) is 0 Å². The second-order valence-corrected chi connectivity index (χ2v) is 9.58. The van der Waals surface area contributed by atoms with E-state index in [0.29, 0.717) is 5.52 Å². The molecule has 0 unspecified atom stereocenters. The van der Waals surface area contributed by atoms with Crippen molar-refractivity contribution in [2.45, 2.75) is 44.0 Å². The fraction of sp³-hybridized carbons (Fsp3) is 0.333. The molecule has 37 heavy (non-hydrogen) atoms. The molecule has 1 aliphatic rings. The second-order valence-electron chi connectivity index (χ2n) is 8.39. The third kappa shape index (κ3) is 6.02. The Balaban J connectivity index is 1.77. The maximum atomic E-state index is 13.1. The first-order chi connectivity index (χ1) is 17.6. The van der Waals surface area contributed by atoms with E-state index in [9.17, 15) is 29.0 Å². The molecule has 12 nitrogen and oxygen atoms in total. The zero-order valence-electron chi connectivity index (χ0n) is 19.7. The smallest absolute Gasteiger partial charge is 0.463 e. The lowest BCUT2D eigenvalue weighted by atomic mass is 9.97. The molecule has 0 radical (unpaired) electrons. The van der Waals surface area contributed by atoms with Crippen molar-refractivity contribution >= 4 is 36.4 Å². The maximum Gasteiger partial charge on any atom is 0.470 e. The maximum absolute atomic E-state index is 13.1. The van der Waals surface area contributed by atoms with Gasteiger partial charge in [0, 0.05) is 18.3 Å². The molecule has 2 heterocycles. The zero-order valence-corrected chi connectivity index (χ0v) is 20.6. The Morgan fingerprint density at radius 3 is 2.49 bits per heavy atom. The first kappa shape index (κ1) is 26.8. The van der Waals surface area contributed by atoms with Crippen LogP contribution in [0.2, 0.25) is 0 Å². The lowest BCUT2D eigenvalue weighted by Crippen LogP contribution is -2.58. The topological polar surface area (TPSA) is 180 Å². The van der Waals surface area contributed by atoms with Crippen LogP contribution in [0.4, 0.5) is 5.69 Å². The molecule has 0 spiro atoms. The van der Waals surface area contributed by atoms with Crippen LogP contribution in [0.15, 0.2) is 60.8 Å². The number of hydrogen-bond donors (Lipinski definition) is 4. The van der Waals surface area contributed by atoms with Gasteiger partial charge in [-0.15, -0.1) is 0 Å². The molecule has 3 aromatic rings. The van der Waals surface area contributed by atoms with Gasteiger partial charge in [-0.25, -0.2) is 9.36 Å². The third-order valence-corrected chi connectivity index (χ3v) is 6.44. The number of nitrogens with two attached hydrogens (primary N) is 1. The fourth-order valence-electron chi connectivity index (χ4n) is 4.15. The van der Waals surface area contributed by atoms with Gasteiger partial charge in [0.2, 0.25) is 0 Å². The molecule has 1 aliphatic heterocycles. The van der Waals surface area contributed by atoms with Crippen LogP contribution in [0, 0.1) is 0 Å². The van der Waals surface area contributed by atoms with Crippen LogP contribution in [0.25, 0.3) is 10.9 Å². The summed E-state index contributed by atoms with van der Waals surface area (Å²) in [7, 11) is -5.20. The minimum absolute atomic E-state index is 0.00188. The van der Waals surface area contributed by atoms with E-state index in [2.05, 4.69) is 0 Å². The summed E-state index contributed by atoms with van der Waals surface area (Å²) in [6, 6.07) is 15.1. The number of benzene rings is 2. The number of carbonyl (C=O) groups is 2. The first-order valence-corrected chi connectivity index (χ1v) is 13.0. The molecule has 13 heteroatoms. The van der Waals surface area contributed by atoms with Gasteiger partial charge in [-0.1, -0.05) is 37.3 Å². The SMILES string of the molecule is CCC(=O)OC[C@H]1O[C@@H](n2ccc3ccccc32)[C@H](OC(=O)c2ccccc2N)[C@@H](OP(=O)(O)O)[C@@H]1O. The average Bonchev–Trinajstić information content (AvgIpc) is 3.29. The standard InChI is InChI=1S/C24H27N2O10P/c1-2-19(27)33-13-18-20(28)21(36-37(30,31)32)22(35-24(29)15-8-4-5-9-16(15)25)23(34-18)26-12-11-14-7-3-6-10-17(14)26/h3-12,18,20-23,28H,2,13,25H2,1H3,(H2,30,31,32)/t18-,20-,21+,22-,23-/m1/s1. The number of carbonyl (C=O) groups excluding carboxylic acids is 2. The molecule has 198 valence electrons. The molecule has 5 atom stereocenters. The van der Waals surface area contributed by atoms with Crippen molar-refractivity contribution in [2.24, 2.45) is 0 Å². The quantitative estimate of drug-likeness (QED) is 0.189. The van der Waals surface area contributed by atoms with Crippen LogP contribution >= 0.6 is 7.82 Å². The van der Waals surface area contributed by atoms with Crippen molar-refractivity contribution in [1.82, 2.24) is 4.57 Å². The summed E-state index contributed by atoms with van der Waals surface area (Å²) in [6.45, 7) is 1.15. The van der Waals surface area contributed by atoms with Crippen molar-refractivity contribution in [3.63, 3.8) is 0 Å². The number of anilines is 1. The van der Waals surface area contributed by atoms with E-state index in [1.54, 1.807) is 48.0 Å². The summed E-state index contributed by atoms with van der Waals surface area (Å²) in [4.78, 5) is 44.1. The van der Waals surface area contributed by atoms with E-state index in [-0.39, 0.29) is 17.7 Å². The molecule has 1 fully saturated rings. The summed E-state index contributed by atoms with van der Waals surface area (Å²) < 4.78 is 35.3. The second kappa shape index (κ2) is 11.0. The van der Waals surface area contributed by atoms with Gasteiger partial charge < -0.3 is 39.4 Å². The first-order valence-electron chi connectivity index (χ1n) is 11.4. The van der Waals surface area contributed by atoms with Crippen LogP contribution in [0.1, 0.15) is 29.9 Å². The molecule has 1 saturated heterocycles. The molecule has 0 saturated carbocycles. The van der Waals surface area contributed by atoms with Crippen LogP contribution < -0.4 is 5.73 Å². The van der Waals surface area contributed by atoms with Gasteiger partial charge in [0.25, 0.3) is 0 Å². The predicted molar refractivity (Wildman–Crippen MR) is 130 cm³/mol. The van der Waals surface area contributed by atoms with Crippen LogP contribution in [-0.4, -0.2) is 62.4 Å². The highest BCUT2D eigenvalue weighted by atomic mass is 31.2. The van der Waals surface area contributed by atoms with Gasteiger partial charge in [0.15, 0.2) is 12.3 Å². The number of fused-ring (bicyclic) bond motifs is 1. The highest BCUT2D eigenvalue weighted by molar-refractivity contribution is 7.46. The monoisotopic (exact) mass is 534 g/mol. The summed E-state index contributed by atoms with van der Waals surface area (Å²) in [6.07, 6.45) is -5.87. The molecule has 1 aromatic heterocycles. The summed E-state index contributed by atoms with van der Waals surface area (Å²) in [5.74, 6) is -1.49. The van der Waals surface area contributed by atoms with Crippen molar-refractivity contribution in [3.05, 3.63) is 66.4 Å². The Labute approximate surface area is 211 Å². The largest absolute Gasteiger partial charge is 0.470 e. The van der Waals surface area contributed by atoms with Crippen molar-refractivity contribution in [1.29, 1.82) is 0 Å². The third-order valence-electron chi connectivity index (χ3n) is 5.92. The van der Waals surface area contributed by atoms with Gasteiger partial charge in [-0.3, -0.25) is 9.32 Å². The minimum Gasteiger partial charge on any atom is -0.463 e. The number of nitrogen functional groups attached to an aromatic ring is 1. The predicted octanol–water partition coefficient (Wildman–Crippen LogP) is 2.14. The van der Waals surface area contributed by atoms with E-state index in [1.807, 2.05) is 12.1 Å². The van der Waals surface area contributed by atoms with Crippen LogP contribution in [0.5, 0.6) is 0 Å². The number of para-hydroxylation sites is 2. The molecular formula is C24H27N2O10P. The van der Waals surface area contributed by atoms with Gasteiger partial charge in [-0.2, -0.15) is 0 Å². The van der Waals surface area contributed by atoms with Crippen molar-refractivity contribution in [2.75, 3.05) is 12.3 Å². The highest BCUT2D eigenvalue weighted by Gasteiger charge is 2.52. The Kier molecular flexibility index (Phi) is 7.98. The number of ether oxygens (including phenoxy) is 3. The van der Waals surface area contributed by atoms with E-state index < -0.39 is 57.0 Å². The summed E-state index contributed by atoms with van der Waals surface area (Å²) >= 11 is 0. The number of rotatable bonds is 8. The number of hydrogen-bond acceptors (Lipinski definition) is 9. The van der Waals surface area contributed by atoms with Gasteiger partial charge in [-0.05, 0) is 29.7 Å². The lowest BCUT2D eigenvalue weighted by molar-refractivity contribution is -0.248. The van der Waals surface area contributed by atoms with Gasteiger partial charge >= 0.3 is 19.8 Å². The summed E-state index contributed by atoms with van der Waals surface area (Å²) in [5, 5.41) is 11.8. The number of nitrogens with zero attached hydrogens (tertiary/aromatic N) is 1. The molecule has 2 aromatic carbocycles. The average molecular weight is 534 g/mol. The number of phosphoric acid groups is 1. The van der Waals surface area contributed by atoms with Gasteiger partial charge in [0.05, 0.1) is 11.1 Å². The van der Waals surface area contributed by atoms with E-state index in [4.69, 9.17) is 24.5 Å². The molecule has 4 rings (SSSR count). The Bertz CT molecular complexity index is 1320. The summed E-state index contributed by atoms with van der Waals surface area (Å²) in [5.41, 5.74) is 6.67. The van der Waals surface area contributed by atoms with Crippen molar-refractivity contribution < 1.29 is 47.8 Å². The number of esters is 2. The molecule has 5 N–H and O–H groups in total. The number of aliphatic hydroxyl groups excluding tert-OH is 1. The van der Waals surface area contributed by atoms with E-state index in [1.165, 1.54) is 12.1 Å². The number of phosphoric ester groups is 1. The number of aromatic nitrogens is 1. The Hall–Kier alpha value is -3.25. The number of aliphatic hydroxyl groups is 1. The van der Waals surface area contributed by atoms with E-state index >= 15 is 0 Å². The fourth-order valence-corrected chi connectivity index (χ4v) is 4.71. The highest BCUT2D eigenvalue weighted by Crippen LogP contribution is 2.44. The molecule has 0 amide bonds. The van der Waals surface area contributed by atoms with E-state index in [0.717, 1.165) is 5.39 Å². The minimum atomic E-state index is -5.20. The molecule has 0 bridgehead atoms.